The smallest absolute Gasteiger partial charge is 0.223 e. The molecule has 0 unspecified atom stereocenters. The van der Waals surface area contributed by atoms with Crippen LogP contribution in [-0.2, 0) is 16.4 Å². The van der Waals surface area contributed by atoms with Gasteiger partial charge in [-0.15, -0.1) is 0 Å². The average molecular weight is 385 g/mol. The van der Waals surface area contributed by atoms with Crippen LogP contribution in [0.1, 0.15) is 11.5 Å². The Morgan fingerprint density at radius 2 is 1.85 bits per heavy atom. The zero-order chi connectivity index (χ0) is 19.2. The fourth-order valence-electron chi connectivity index (χ4n) is 3.01. The molecule has 2 aromatic heterocycles. The van der Waals surface area contributed by atoms with E-state index >= 15 is 0 Å². The average Bonchev–Trinajstić information content (AvgIpc) is 3.19. The predicted molar refractivity (Wildman–Crippen MR) is 98.6 cm³/mol. The van der Waals surface area contributed by atoms with Crippen LogP contribution in [0.15, 0.2) is 57.9 Å². The molecule has 0 spiro atoms. The summed E-state index contributed by atoms with van der Waals surface area (Å²) in [7, 11) is -3.32. The normalized spacial score (nSPS) is 12.0. The van der Waals surface area contributed by atoms with Crippen molar-refractivity contribution in [2.24, 2.45) is 0 Å². The van der Waals surface area contributed by atoms with E-state index in [-0.39, 0.29) is 10.7 Å². The molecular formula is C19H16FN3O3S. The Balaban J connectivity index is 1.91. The first-order valence-electron chi connectivity index (χ1n) is 8.20. The standard InChI is InChI=1S/C19H16FN3O3S/c1-12-21-19(22-26-12)18-10-14-9-16(27(2,24)25)7-8-17(14)23(18)11-13-3-5-15(20)6-4-13/h3-10H,11H2,1-2H3. The Morgan fingerprint density at radius 3 is 2.48 bits per heavy atom. The van der Waals surface area contributed by atoms with Crippen LogP contribution in [0, 0.1) is 12.7 Å². The second kappa shape index (κ2) is 6.31. The number of hydrogen-bond donors (Lipinski definition) is 0. The van der Waals surface area contributed by atoms with Gasteiger partial charge in [-0.2, -0.15) is 4.98 Å². The summed E-state index contributed by atoms with van der Waals surface area (Å²) in [6.07, 6.45) is 1.17. The Kier molecular flexibility index (Phi) is 4.07. The first-order chi connectivity index (χ1) is 12.8. The van der Waals surface area contributed by atoms with E-state index < -0.39 is 9.84 Å². The van der Waals surface area contributed by atoms with Gasteiger partial charge < -0.3 is 9.09 Å². The van der Waals surface area contributed by atoms with Crippen molar-refractivity contribution in [1.82, 2.24) is 14.7 Å². The van der Waals surface area contributed by atoms with Crippen LogP contribution in [0.5, 0.6) is 0 Å². The summed E-state index contributed by atoms with van der Waals surface area (Å²) < 4.78 is 44.0. The number of nitrogens with zero attached hydrogens (tertiary/aromatic N) is 3. The molecule has 6 nitrogen and oxygen atoms in total. The molecule has 2 aromatic carbocycles. The van der Waals surface area contributed by atoms with Gasteiger partial charge in [-0.3, -0.25) is 0 Å². The molecule has 4 aromatic rings. The molecule has 0 bridgehead atoms. The molecule has 0 amide bonds. The number of benzene rings is 2. The fraction of sp³-hybridized carbons (Fsp3) is 0.158. The minimum absolute atomic E-state index is 0.241. The molecule has 2 heterocycles. The van der Waals surface area contributed by atoms with Crippen LogP contribution in [-0.4, -0.2) is 29.4 Å². The number of fused-ring (bicyclic) bond motifs is 1. The SMILES string of the molecule is Cc1nc(-c2cc3cc(S(C)(=O)=O)ccc3n2Cc2ccc(F)cc2)no1. The lowest BCUT2D eigenvalue weighted by Gasteiger charge is -2.09. The summed E-state index contributed by atoms with van der Waals surface area (Å²) in [5, 5.41) is 4.73. The second-order valence-electron chi connectivity index (χ2n) is 6.37. The van der Waals surface area contributed by atoms with Gasteiger partial charge >= 0.3 is 0 Å². The van der Waals surface area contributed by atoms with Gasteiger partial charge in [0.1, 0.15) is 5.82 Å². The zero-order valence-corrected chi connectivity index (χ0v) is 15.5. The summed E-state index contributed by atoms with van der Waals surface area (Å²) in [6.45, 7) is 2.15. The number of aromatic nitrogens is 3. The summed E-state index contributed by atoms with van der Waals surface area (Å²) in [5.41, 5.74) is 2.41. The monoisotopic (exact) mass is 385 g/mol. The zero-order valence-electron chi connectivity index (χ0n) is 14.7. The van der Waals surface area contributed by atoms with E-state index in [1.165, 1.54) is 18.4 Å². The van der Waals surface area contributed by atoms with Crippen molar-refractivity contribution in [1.29, 1.82) is 0 Å². The molecule has 8 heteroatoms. The van der Waals surface area contributed by atoms with Crippen molar-refractivity contribution in [3.63, 3.8) is 0 Å². The van der Waals surface area contributed by atoms with Gasteiger partial charge in [0, 0.05) is 30.6 Å². The van der Waals surface area contributed by atoms with Gasteiger partial charge in [0.05, 0.1) is 10.6 Å². The molecule has 0 atom stereocenters. The van der Waals surface area contributed by atoms with E-state index in [0.717, 1.165) is 16.5 Å². The van der Waals surface area contributed by atoms with Crippen LogP contribution < -0.4 is 0 Å². The molecule has 27 heavy (non-hydrogen) atoms. The van der Waals surface area contributed by atoms with Crippen LogP contribution in [0.25, 0.3) is 22.4 Å². The van der Waals surface area contributed by atoms with Crippen molar-refractivity contribution in [3.8, 4) is 11.5 Å². The molecule has 0 aliphatic heterocycles. The van der Waals surface area contributed by atoms with E-state index in [4.69, 9.17) is 4.52 Å². The lowest BCUT2D eigenvalue weighted by atomic mass is 10.2. The highest BCUT2D eigenvalue weighted by atomic mass is 32.2. The van der Waals surface area contributed by atoms with Crippen molar-refractivity contribution in [2.45, 2.75) is 18.4 Å². The highest BCUT2D eigenvalue weighted by Gasteiger charge is 2.17. The third kappa shape index (κ3) is 3.35. The van der Waals surface area contributed by atoms with Gasteiger partial charge in [-0.25, -0.2) is 12.8 Å². The number of rotatable bonds is 4. The molecule has 0 aliphatic carbocycles. The molecule has 4 rings (SSSR count). The molecular weight excluding hydrogens is 369 g/mol. The van der Waals surface area contributed by atoms with Crippen molar-refractivity contribution in [2.75, 3.05) is 6.26 Å². The topological polar surface area (TPSA) is 78.0 Å². The van der Waals surface area contributed by atoms with Gasteiger partial charge in [0.25, 0.3) is 0 Å². The van der Waals surface area contributed by atoms with E-state index in [0.29, 0.717) is 24.0 Å². The molecule has 138 valence electrons. The van der Waals surface area contributed by atoms with Crippen LogP contribution in [0.2, 0.25) is 0 Å². The van der Waals surface area contributed by atoms with Gasteiger partial charge in [-0.1, -0.05) is 17.3 Å². The molecule has 0 aliphatic rings. The Labute approximate surface area is 155 Å². The number of sulfone groups is 1. The first kappa shape index (κ1) is 17.4. The summed E-state index contributed by atoms with van der Waals surface area (Å²) >= 11 is 0. The second-order valence-corrected chi connectivity index (χ2v) is 8.39. The Bertz CT molecular complexity index is 1240. The lowest BCUT2D eigenvalue weighted by molar-refractivity contribution is 0.394. The quantitative estimate of drug-likeness (QED) is 0.536. The molecule has 0 fully saturated rings. The highest BCUT2D eigenvalue weighted by Crippen LogP contribution is 2.29. The number of aryl methyl sites for hydroxylation is 1. The van der Waals surface area contributed by atoms with Crippen molar-refractivity contribution in [3.05, 3.63) is 65.8 Å². The molecule has 0 saturated heterocycles. The maximum atomic E-state index is 13.2. The summed E-state index contributed by atoms with van der Waals surface area (Å²) in [4.78, 5) is 4.53. The highest BCUT2D eigenvalue weighted by molar-refractivity contribution is 7.90. The number of halogens is 1. The van der Waals surface area contributed by atoms with E-state index in [1.54, 1.807) is 37.3 Å². The Hall–Kier alpha value is -3.00. The minimum atomic E-state index is -3.32. The largest absolute Gasteiger partial charge is 0.339 e. The summed E-state index contributed by atoms with van der Waals surface area (Å²) in [5.74, 6) is 0.537. The van der Waals surface area contributed by atoms with Gasteiger partial charge in [0.15, 0.2) is 9.84 Å². The third-order valence-electron chi connectivity index (χ3n) is 4.31. The van der Waals surface area contributed by atoms with Crippen molar-refractivity contribution >= 4 is 20.7 Å². The van der Waals surface area contributed by atoms with Crippen LogP contribution >= 0.6 is 0 Å². The molecule has 0 N–H and O–H groups in total. The van der Waals surface area contributed by atoms with E-state index in [9.17, 15) is 12.8 Å². The Morgan fingerprint density at radius 1 is 1.11 bits per heavy atom. The lowest BCUT2D eigenvalue weighted by Crippen LogP contribution is -2.03. The maximum Gasteiger partial charge on any atom is 0.223 e. The molecule has 0 saturated carbocycles. The minimum Gasteiger partial charge on any atom is -0.339 e. The summed E-state index contributed by atoms with van der Waals surface area (Å²) in [6, 6.07) is 13.0. The van der Waals surface area contributed by atoms with E-state index in [2.05, 4.69) is 10.1 Å². The van der Waals surface area contributed by atoms with Crippen LogP contribution in [0.3, 0.4) is 0 Å². The number of hydrogen-bond acceptors (Lipinski definition) is 5. The van der Waals surface area contributed by atoms with Gasteiger partial charge in [-0.05, 0) is 42.0 Å². The van der Waals surface area contributed by atoms with Crippen molar-refractivity contribution < 1.29 is 17.3 Å². The first-order valence-corrected chi connectivity index (χ1v) is 10.1. The van der Waals surface area contributed by atoms with Gasteiger partial charge in [0.2, 0.25) is 11.7 Å². The predicted octanol–water partition coefficient (Wildman–Crippen LogP) is 3.59. The maximum absolute atomic E-state index is 13.2. The third-order valence-corrected chi connectivity index (χ3v) is 5.42. The fourth-order valence-corrected chi connectivity index (χ4v) is 3.67. The van der Waals surface area contributed by atoms with Crippen LogP contribution in [0.4, 0.5) is 4.39 Å². The van der Waals surface area contributed by atoms with E-state index in [1.807, 2.05) is 10.6 Å². The molecule has 0 radical (unpaired) electrons.